The topological polar surface area (TPSA) is 64.6 Å². The normalized spacial score (nSPS) is 11.9. The molecule has 0 saturated heterocycles. The van der Waals surface area contributed by atoms with Crippen molar-refractivity contribution in [3.05, 3.63) is 65.2 Å². The summed E-state index contributed by atoms with van der Waals surface area (Å²) in [4.78, 5) is 24.2. The van der Waals surface area contributed by atoms with E-state index in [0.717, 1.165) is 22.4 Å². The van der Waals surface area contributed by atoms with Gasteiger partial charge in [-0.05, 0) is 68.7 Å². The van der Waals surface area contributed by atoms with Crippen LogP contribution in [0.3, 0.4) is 0 Å². The van der Waals surface area contributed by atoms with E-state index in [1.807, 2.05) is 63.2 Å². The second kappa shape index (κ2) is 9.57. The van der Waals surface area contributed by atoms with Gasteiger partial charge in [0.15, 0.2) is 6.10 Å². The Morgan fingerprint density at radius 1 is 1.11 bits per heavy atom. The molecule has 0 radical (unpaired) electrons. The molecule has 1 atom stereocenters. The first-order chi connectivity index (χ1) is 12.9. The van der Waals surface area contributed by atoms with Crippen LogP contribution in [0.2, 0.25) is 0 Å². The molecule has 2 aromatic rings. The Balaban J connectivity index is 1.90. The minimum atomic E-state index is -0.901. The molecule has 0 unspecified atom stereocenters. The number of benzene rings is 2. The highest BCUT2D eigenvalue weighted by Gasteiger charge is 2.17. The largest absolute Gasteiger partial charge is 0.494 e. The number of hydrogen-bond donors (Lipinski definition) is 1. The summed E-state index contributed by atoms with van der Waals surface area (Å²) in [6.07, 6.45) is 2.03. The van der Waals surface area contributed by atoms with Gasteiger partial charge >= 0.3 is 5.97 Å². The van der Waals surface area contributed by atoms with Crippen LogP contribution >= 0.6 is 0 Å². The number of rotatable bonds is 7. The minimum Gasteiger partial charge on any atom is -0.494 e. The Labute approximate surface area is 160 Å². The van der Waals surface area contributed by atoms with Gasteiger partial charge in [0.05, 0.1) is 6.61 Å². The number of nitrogens with one attached hydrogen (secondary N) is 1. The zero-order chi connectivity index (χ0) is 19.8. The van der Waals surface area contributed by atoms with Crippen LogP contribution in [0.15, 0.2) is 48.5 Å². The third-order valence-corrected chi connectivity index (χ3v) is 3.92. The summed E-state index contributed by atoms with van der Waals surface area (Å²) in [5.41, 5.74) is 3.54. The van der Waals surface area contributed by atoms with Crippen LogP contribution < -0.4 is 10.1 Å². The monoisotopic (exact) mass is 367 g/mol. The minimum absolute atomic E-state index is 0.369. The molecule has 0 aliphatic carbocycles. The van der Waals surface area contributed by atoms with E-state index in [9.17, 15) is 9.59 Å². The van der Waals surface area contributed by atoms with Gasteiger partial charge in [0.25, 0.3) is 5.91 Å². The quantitative estimate of drug-likeness (QED) is 0.586. The fraction of sp³-hybridized carbons (Fsp3) is 0.273. The van der Waals surface area contributed by atoms with Crippen LogP contribution in [0.5, 0.6) is 5.75 Å². The van der Waals surface area contributed by atoms with Gasteiger partial charge in [-0.15, -0.1) is 0 Å². The van der Waals surface area contributed by atoms with Gasteiger partial charge in [-0.3, -0.25) is 4.79 Å². The maximum atomic E-state index is 12.3. The SMILES string of the molecule is CCOc1ccc(/C=C/C(=O)O[C@H](C)C(=O)Nc2cc(C)ccc2C)cc1. The van der Waals surface area contributed by atoms with E-state index >= 15 is 0 Å². The molecule has 27 heavy (non-hydrogen) atoms. The van der Waals surface area contributed by atoms with Crippen LogP contribution in [0, 0.1) is 13.8 Å². The first-order valence-electron chi connectivity index (χ1n) is 8.88. The van der Waals surface area contributed by atoms with Crippen LogP contribution in [0.4, 0.5) is 5.69 Å². The summed E-state index contributed by atoms with van der Waals surface area (Å²) >= 11 is 0. The highest BCUT2D eigenvalue weighted by molar-refractivity contribution is 5.97. The summed E-state index contributed by atoms with van der Waals surface area (Å²) in [6.45, 7) is 7.92. The molecule has 0 aliphatic rings. The third kappa shape index (κ3) is 6.29. The number of amides is 1. The molecule has 2 aromatic carbocycles. The smallest absolute Gasteiger partial charge is 0.331 e. The van der Waals surface area contributed by atoms with Crippen molar-refractivity contribution in [2.24, 2.45) is 0 Å². The molecule has 142 valence electrons. The van der Waals surface area contributed by atoms with Crippen molar-refractivity contribution in [1.29, 1.82) is 0 Å². The molecule has 0 fully saturated rings. The van der Waals surface area contributed by atoms with E-state index in [4.69, 9.17) is 9.47 Å². The second-order valence-electron chi connectivity index (χ2n) is 6.22. The predicted octanol–water partition coefficient (Wildman–Crippen LogP) is 4.29. The molecule has 0 aliphatic heterocycles. The van der Waals surface area contributed by atoms with Crippen molar-refractivity contribution in [2.45, 2.75) is 33.8 Å². The highest BCUT2D eigenvalue weighted by atomic mass is 16.5. The molecule has 0 aromatic heterocycles. The first kappa shape index (κ1) is 20.2. The van der Waals surface area contributed by atoms with E-state index < -0.39 is 12.1 Å². The van der Waals surface area contributed by atoms with Crippen LogP contribution in [-0.2, 0) is 14.3 Å². The van der Waals surface area contributed by atoms with Gasteiger partial charge in [0.2, 0.25) is 0 Å². The average molecular weight is 367 g/mol. The lowest BCUT2D eigenvalue weighted by molar-refractivity contribution is -0.148. The Morgan fingerprint density at radius 2 is 1.81 bits per heavy atom. The molecule has 0 bridgehead atoms. The van der Waals surface area contributed by atoms with Crippen molar-refractivity contribution in [1.82, 2.24) is 0 Å². The standard InChI is InChI=1S/C22H25NO4/c1-5-26-19-11-8-18(9-12-19)10-13-21(24)27-17(4)22(25)23-20-14-15(2)6-7-16(20)3/h6-14,17H,5H2,1-4H3,(H,23,25)/b13-10+/t17-/m1/s1. The van der Waals surface area contributed by atoms with E-state index in [-0.39, 0.29) is 5.91 Å². The average Bonchev–Trinajstić information content (AvgIpc) is 2.64. The van der Waals surface area contributed by atoms with Gasteiger partial charge in [-0.1, -0.05) is 24.3 Å². The summed E-state index contributed by atoms with van der Waals surface area (Å²) in [5.74, 6) is -0.173. The summed E-state index contributed by atoms with van der Waals surface area (Å²) < 4.78 is 10.5. The van der Waals surface area contributed by atoms with Gasteiger partial charge in [0, 0.05) is 11.8 Å². The Morgan fingerprint density at radius 3 is 2.48 bits per heavy atom. The predicted molar refractivity (Wildman–Crippen MR) is 107 cm³/mol. The summed E-state index contributed by atoms with van der Waals surface area (Å²) in [6, 6.07) is 13.1. The Bertz CT molecular complexity index is 825. The fourth-order valence-corrected chi connectivity index (χ4v) is 2.38. The fourth-order valence-electron chi connectivity index (χ4n) is 2.38. The molecular weight excluding hydrogens is 342 g/mol. The maximum absolute atomic E-state index is 12.3. The lowest BCUT2D eigenvalue weighted by atomic mass is 10.1. The van der Waals surface area contributed by atoms with Gasteiger partial charge in [-0.25, -0.2) is 4.79 Å². The van der Waals surface area contributed by atoms with E-state index in [1.54, 1.807) is 13.0 Å². The number of carbonyl (C=O) groups is 2. The van der Waals surface area contributed by atoms with Crippen LogP contribution in [0.25, 0.3) is 6.08 Å². The molecular formula is C22H25NO4. The molecule has 5 nitrogen and oxygen atoms in total. The molecule has 5 heteroatoms. The molecule has 1 amide bonds. The molecule has 0 heterocycles. The molecule has 0 saturated carbocycles. The molecule has 0 spiro atoms. The number of aryl methyl sites for hydroxylation is 2. The first-order valence-corrected chi connectivity index (χ1v) is 8.88. The van der Waals surface area contributed by atoms with E-state index in [2.05, 4.69) is 5.32 Å². The molecule has 2 rings (SSSR count). The second-order valence-corrected chi connectivity index (χ2v) is 6.22. The van der Waals surface area contributed by atoms with Crippen LogP contribution in [0.1, 0.15) is 30.5 Å². The van der Waals surface area contributed by atoms with Gasteiger partial charge in [0.1, 0.15) is 5.75 Å². The highest BCUT2D eigenvalue weighted by Crippen LogP contribution is 2.17. The maximum Gasteiger partial charge on any atom is 0.331 e. The van der Waals surface area contributed by atoms with Crippen molar-refractivity contribution >= 4 is 23.6 Å². The van der Waals surface area contributed by atoms with Gasteiger partial charge < -0.3 is 14.8 Å². The third-order valence-electron chi connectivity index (χ3n) is 3.92. The number of ether oxygens (including phenoxy) is 2. The number of esters is 1. The van der Waals surface area contributed by atoms with Crippen molar-refractivity contribution in [3.8, 4) is 5.75 Å². The Kier molecular flexibility index (Phi) is 7.17. The van der Waals surface area contributed by atoms with Crippen molar-refractivity contribution in [2.75, 3.05) is 11.9 Å². The molecule has 1 N–H and O–H groups in total. The van der Waals surface area contributed by atoms with Crippen molar-refractivity contribution in [3.63, 3.8) is 0 Å². The van der Waals surface area contributed by atoms with Gasteiger partial charge in [-0.2, -0.15) is 0 Å². The Hall–Kier alpha value is -3.08. The number of hydrogen-bond acceptors (Lipinski definition) is 4. The zero-order valence-corrected chi connectivity index (χ0v) is 16.1. The lowest BCUT2D eigenvalue weighted by Crippen LogP contribution is -2.29. The number of carbonyl (C=O) groups excluding carboxylic acids is 2. The van der Waals surface area contributed by atoms with E-state index in [1.165, 1.54) is 6.08 Å². The zero-order valence-electron chi connectivity index (χ0n) is 16.1. The van der Waals surface area contributed by atoms with Crippen LogP contribution in [-0.4, -0.2) is 24.6 Å². The number of anilines is 1. The van der Waals surface area contributed by atoms with E-state index in [0.29, 0.717) is 12.3 Å². The van der Waals surface area contributed by atoms with Crippen molar-refractivity contribution < 1.29 is 19.1 Å². The lowest BCUT2D eigenvalue weighted by Gasteiger charge is -2.14. The summed E-state index contributed by atoms with van der Waals surface area (Å²) in [7, 11) is 0. The summed E-state index contributed by atoms with van der Waals surface area (Å²) in [5, 5.41) is 2.79.